The lowest BCUT2D eigenvalue weighted by molar-refractivity contribution is -0.149. The van der Waals surface area contributed by atoms with Gasteiger partial charge >= 0.3 is 5.97 Å². The first-order valence-electron chi connectivity index (χ1n) is 7.88. The van der Waals surface area contributed by atoms with Crippen molar-refractivity contribution >= 4 is 22.9 Å². The number of aromatic nitrogens is 2. The normalized spacial score (nSPS) is 17.2. The Morgan fingerprint density at radius 2 is 1.91 bits per heavy atom. The standard InChI is InChI=1S/C17H21N3O3/c1-10(2)20-13-7-5-4-6-12(13)19-14(20)11(3)18-15(21)17(8-9-17)16(22)23/h4-7,10-11H,8-9H2,1-3H3,(H,18,21)(H,22,23)/t11-/m0/s1. The zero-order chi connectivity index (χ0) is 16.8. The first-order chi connectivity index (χ1) is 10.9. The largest absolute Gasteiger partial charge is 0.480 e. The number of aliphatic carboxylic acids is 1. The van der Waals surface area contributed by atoms with Crippen LogP contribution in [0.4, 0.5) is 0 Å². The molecule has 1 aliphatic rings. The molecule has 1 aromatic heterocycles. The van der Waals surface area contributed by atoms with Gasteiger partial charge in [-0.2, -0.15) is 0 Å². The van der Waals surface area contributed by atoms with E-state index in [1.165, 1.54) is 0 Å². The molecule has 0 radical (unpaired) electrons. The molecule has 23 heavy (non-hydrogen) atoms. The lowest BCUT2D eigenvalue weighted by atomic mass is 10.1. The summed E-state index contributed by atoms with van der Waals surface area (Å²) in [6.45, 7) is 5.97. The van der Waals surface area contributed by atoms with Crippen LogP contribution in [-0.2, 0) is 9.59 Å². The number of benzene rings is 1. The van der Waals surface area contributed by atoms with Crippen molar-refractivity contribution in [2.45, 2.75) is 45.7 Å². The van der Waals surface area contributed by atoms with Crippen molar-refractivity contribution in [3.05, 3.63) is 30.1 Å². The van der Waals surface area contributed by atoms with Crippen LogP contribution < -0.4 is 5.32 Å². The van der Waals surface area contributed by atoms with Crippen LogP contribution in [-0.4, -0.2) is 26.5 Å². The Morgan fingerprint density at radius 1 is 1.26 bits per heavy atom. The second-order valence-corrected chi connectivity index (χ2v) is 6.50. The van der Waals surface area contributed by atoms with Gasteiger partial charge < -0.3 is 15.0 Å². The molecule has 1 fully saturated rings. The first kappa shape index (κ1) is 15.5. The average molecular weight is 315 g/mol. The number of carbonyl (C=O) groups excluding carboxylic acids is 1. The molecule has 3 rings (SSSR count). The number of imidazole rings is 1. The van der Waals surface area contributed by atoms with Crippen molar-refractivity contribution < 1.29 is 14.7 Å². The monoisotopic (exact) mass is 315 g/mol. The number of nitrogens with one attached hydrogen (secondary N) is 1. The highest BCUT2D eigenvalue weighted by Gasteiger charge is 2.57. The Morgan fingerprint density at radius 3 is 2.48 bits per heavy atom. The van der Waals surface area contributed by atoms with Crippen LogP contribution >= 0.6 is 0 Å². The van der Waals surface area contributed by atoms with E-state index in [9.17, 15) is 14.7 Å². The van der Waals surface area contributed by atoms with E-state index >= 15 is 0 Å². The molecule has 0 spiro atoms. The van der Waals surface area contributed by atoms with Gasteiger partial charge in [-0.1, -0.05) is 12.1 Å². The fourth-order valence-corrected chi connectivity index (χ4v) is 2.97. The molecular formula is C17H21N3O3. The van der Waals surface area contributed by atoms with Gasteiger partial charge in [-0.3, -0.25) is 9.59 Å². The van der Waals surface area contributed by atoms with Crippen molar-refractivity contribution in [1.29, 1.82) is 0 Å². The highest BCUT2D eigenvalue weighted by atomic mass is 16.4. The minimum atomic E-state index is -1.23. The SMILES string of the molecule is CC(C)n1c([C@H](C)NC(=O)C2(C(=O)O)CC2)nc2ccccc21. The summed E-state index contributed by atoms with van der Waals surface area (Å²) in [6.07, 6.45) is 0.808. The molecule has 6 heteroatoms. The molecule has 6 nitrogen and oxygen atoms in total. The molecule has 1 aromatic carbocycles. The number of carboxylic acids is 1. The molecule has 1 atom stereocenters. The second-order valence-electron chi connectivity index (χ2n) is 6.50. The number of amides is 1. The second kappa shape index (κ2) is 5.37. The minimum absolute atomic E-state index is 0.186. The van der Waals surface area contributed by atoms with Crippen LogP contribution in [0.2, 0.25) is 0 Å². The summed E-state index contributed by atoms with van der Waals surface area (Å²) in [6, 6.07) is 7.66. The van der Waals surface area contributed by atoms with Crippen LogP contribution in [0, 0.1) is 5.41 Å². The van der Waals surface area contributed by atoms with Crippen molar-refractivity contribution in [3.8, 4) is 0 Å². The van der Waals surface area contributed by atoms with Gasteiger partial charge in [-0.15, -0.1) is 0 Å². The zero-order valence-corrected chi connectivity index (χ0v) is 13.5. The number of hydrogen-bond acceptors (Lipinski definition) is 3. The van der Waals surface area contributed by atoms with E-state index in [0.29, 0.717) is 12.8 Å². The fraction of sp³-hybridized carbons (Fsp3) is 0.471. The molecule has 0 bridgehead atoms. The summed E-state index contributed by atoms with van der Waals surface area (Å²) >= 11 is 0. The van der Waals surface area contributed by atoms with Crippen molar-refractivity contribution in [2.24, 2.45) is 5.41 Å². The van der Waals surface area contributed by atoms with E-state index in [1.807, 2.05) is 31.2 Å². The lowest BCUT2D eigenvalue weighted by Gasteiger charge is -2.20. The smallest absolute Gasteiger partial charge is 0.319 e. The van der Waals surface area contributed by atoms with Crippen LogP contribution in [0.3, 0.4) is 0 Å². The molecule has 1 amide bonds. The highest BCUT2D eigenvalue weighted by Crippen LogP contribution is 2.46. The van der Waals surface area contributed by atoms with Crippen molar-refractivity contribution in [2.75, 3.05) is 0 Å². The van der Waals surface area contributed by atoms with Gasteiger partial charge in [0.15, 0.2) is 0 Å². The molecule has 1 heterocycles. The molecule has 2 N–H and O–H groups in total. The molecule has 0 saturated heterocycles. The maximum atomic E-state index is 12.3. The van der Waals surface area contributed by atoms with E-state index in [2.05, 4.69) is 28.7 Å². The molecule has 1 aliphatic carbocycles. The summed E-state index contributed by atoms with van der Waals surface area (Å²) in [4.78, 5) is 28.2. The van der Waals surface area contributed by atoms with E-state index in [1.54, 1.807) is 0 Å². The Kier molecular flexibility index (Phi) is 3.62. The quantitative estimate of drug-likeness (QED) is 0.831. The van der Waals surface area contributed by atoms with Crippen LogP contribution in [0.1, 0.15) is 51.5 Å². The van der Waals surface area contributed by atoms with Gasteiger partial charge in [0, 0.05) is 6.04 Å². The average Bonchev–Trinajstić information content (AvgIpc) is 3.21. The van der Waals surface area contributed by atoms with Crippen LogP contribution in [0.15, 0.2) is 24.3 Å². The highest BCUT2D eigenvalue weighted by molar-refractivity contribution is 6.04. The van der Waals surface area contributed by atoms with E-state index in [-0.39, 0.29) is 12.1 Å². The number of para-hydroxylation sites is 2. The predicted octanol–water partition coefficient (Wildman–Crippen LogP) is 2.66. The van der Waals surface area contributed by atoms with Crippen molar-refractivity contribution in [1.82, 2.24) is 14.9 Å². The number of fused-ring (bicyclic) bond motifs is 1. The zero-order valence-electron chi connectivity index (χ0n) is 13.5. The first-order valence-corrected chi connectivity index (χ1v) is 7.88. The van der Waals surface area contributed by atoms with E-state index in [0.717, 1.165) is 16.9 Å². The summed E-state index contributed by atoms with van der Waals surface area (Å²) in [5.41, 5.74) is 0.651. The summed E-state index contributed by atoms with van der Waals surface area (Å²) < 4.78 is 2.08. The van der Waals surface area contributed by atoms with Crippen molar-refractivity contribution in [3.63, 3.8) is 0 Å². The van der Waals surface area contributed by atoms with Gasteiger partial charge in [0.05, 0.1) is 17.1 Å². The van der Waals surface area contributed by atoms with Gasteiger partial charge in [0.25, 0.3) is 0 Å². The third-order valence-electron chi connectivity index (χ3n) is 4.47. The lowest BCUT2D eigenvalue weighted by Crippen LogP contribution is -2.39. The maximum Gasteiger partial charge on any atom is 0.319 e. The molecule has 2 aromatic rings. The molecule has 0 unspecified atom stereocenters. The topological polar surface area (TPSA) is 84.2 Å². The Balaban J connectivity index is 1.92. The van der Waals surface area contributed by atoms with Gasteiger partial charge in [-0.25, -0.2) is 4.98 Å². The predicted molar refractivity (Wildman–Crippen MR) is 86.0 cm³/mol. The number of rotatable bonds is 5. The van der Waals surface area contributed by atoms with Gasteiger partial charge in [-0.05, 0) is 45.7 Å². The summed E-state index contributed by atoms with van der Waals surface area (Å²) in [7, 11) is 0. The van der Waals surface area contributed by atoms with Crippen LogP contribution in [0.5, 0.6) is 0 Å². The maximum absolute atomic E-state index is 12.3. The Hall–Kier alpha value is -2.37. The number of nitrogens with zero attached hydrogens (tertiary/aromatic N) is 2. The molecule has 0 aliphatic heterocycles. The summed E-state index contributed by atoms with van der Waals surface area (Å²) in [5, 5.41) is 12.1. The number of hydrogen-bond donors (Lipinski definition) is 2. The number of carbonyl (C=O) groups is 2. The number of carboxylic acid groups (broad SMARTS) is 1. The molecule has 1 saturated carbocycles. The fourth-order valence-electron chi connectivity index (χ4n) is 2.97. The third kappa shape index (κ3) is 2.48. The van der Waals surface area contributed by atoms with E-state index in [4.69, 9.17) is 0 Å². The Labute approximate surface area is 134 Å². The molecular weight excluding hydrogens is 294 g/mol. The minimum Gasteiger partial charge on any atom is -0.480 e. The Bertz CT molecular complexity index is 774. The molecule has 122 valence electrons. The van der Waals surface area contributed by atoms with Gasteiger partial charge in [0.2, 0.25) is 5.91 Å². The third-order valence-corrected chi connectivity index (χ3v) is 4.47. The van der Waals surface area contributed by atoms with Gasteiger partial charge in [0.1, 0.15) is 11.2 Å². The summed E-state index contributed by atoms with van der Waals surface area (Å²) in [5.74, 6) is -0.713. The van der Waals surface area contributed by atoms with Crippen LogP contribution in [0.25, 0.3) is 11.0 Å². The van der Waals surface area contributed by atoms with E-state index < -0.39 is 17.3 Å².